The number of fused-ring (bicyclic) bond motifs is 1. The number of nitrogens with one attached hydrogen (secondary N) is 2. The molecule has 1 aromatic rings. The minimum atomic E-state index is -0.859. The van der Waals surface area contributed by atoms with Crippen molar-refractivity contribution in [3.63, 3.8) is 0 Å². The maximum Gasteiger partial charge on any atom is 0.337 e. The summed E-state index contributed by atoms with van der Waals surface area (Å²) in [5.74, 6) is -0.859. The average molecular weight is 249 g/mol. The lowest BCUT2D eigenvalue weighted by molar-refractivity contribution is 0.0695. The van der Waals surface area contributed by atoms with Gasteiger partial charge in [0.25, 0.3) is 0 Å². The van der Waals surface area contributed by atoms with Crippen molar-refractivity contribution < 1.29 is 9.90 Å². The Morgan fingerprint density at radius 2 is 2.39 bits per heavy atom. The highest BCUT2D eigenvalue weighted by Gasteiger charge is 2.36. The van der Waals surface area contributed by atoms with Gasteiger partial charge in [-0.1, -0.05) is 0 Å². The summed E-state index contributed by atoms with van der Waals surface area (Å²) in [5.41, 5.74) is 1.16. The maximum atomic E-state index is 11.0. The molecule has 3 heterocycles. The van der Waals surface area contributed by atoms with Gasteiger partial charge >= 0.3 is 5.97 Å². The van der Waals surface area contributed by atoms with E-state index in [0.717, 1.165) is 5.69 Å². The Morgan fingerprint density at radius 3 is 3.22 bits per heavy atom. The number of aromatic amines is 1. The zero-order chi connectivity index (χ0) is 12.5. The molecule has 5 nitrogen and oxygen atoms in total. The number of rotatable bonds is 4. The third-order valence-corrected chi connectivity index (χ3v) is 4.21. The maximum absolute atomic E-state index is 11.0. The molecule has 2 atom stereocenters. The number of aromatic nitrogens is 1. The first-order valence-corrected chi connectivity index (χ1v) is 6.62. The molecule has 3 rings (SSSR count). The highest BCUT2D eigenvalue weighted by molar-refractivity contribution is 5.88. The predicted octanol–water partition coefficient (Wildman–Crippen LogP) is 1.04. The van der Waals surface area contributed by atoms with Crippen molar-refractivity contribution >= 4 is 5.97 Å². The lowest BCUT2D eigenvalue weighted by Gasteiger charge is -2.21. The van der Waals surface area contributed by atoms with Crippen LogP contribution in [-0.2, 0) is 6.54 Å². The molecule has 18 heavy (non-hydrogen) atoms. The Hall–Kier alpha value is -1.33. The summed E-state index contributed by atoms with van der Waals surface area (Å²) >= 11 is 0. The minimum Gasteiger partial charge on any atom is -0.478 e. The molecule has 1 aromatic heterocycles. The summed E-state index contributed by atoms with van der Waals surface area (Å²) in [5, 5.41) is 12.6. The molecule has 0 saturated carbocycles. The van der Waals surface area contributed by atoms with E-state index in [2.05, 4.69) is 15.2 Å². The number of H-pyrrole nitrogens is 1. The van der Waals surface area contributed by atoms with Gasteiger partial charge in [0, 0.05) is 37.1 Å². The quantitative estimate of drug-likeness (QED) is 0.746. The van der Waals surface area contributed by atoms with E-state index < -0.39 is 5.97 Å². The molecule has 2 unspecified atom stereocenters. The topological polar surface area (TPSA) is 68.4 Å². The van der Waals surface area contributed by atoms with Crippen LogP contribution in [0, 0.1) is 0 Å². The number of carbonyl (C=O) groups is 1. The molecule has 3 N–H and O–H groups in total. The van der Waals surface area contributed by atoms with Crippen LogP contribution >= 0.6 is 0 Å². The molecule has 98 valence electrons. The molecule has 0 aliphatic carbocycles. The smallest absolute Gasteiger partial charge is 0.337 e. The summed E-state index contributed by atoms with van der Waals surface area (Å²) in [7, 11) is 0. The van der Waals surface area contributed by atoms with E-state index in [-0.39, 0.29) is 0 Å². The molecule has 2 aliphatic heterocycles. The lowest BCUT2D eigenvalue weighted by atomic mass is 10.1. The SMILES string of the molecule is O=C(O)c1cc[nH]c1CNC1CCN2CCCC12. The van der Waals surface area contributed by atoms with Crippen molar-refractivity contribution in [2.24, 2.45) is 0 Å². The highest BCUT2D eigenvalue weighted by Crippen LogP contribution is 2.28. The van der Waals surface area contributed by atoms with Gasteiger partial charge in [-0.3, -0.25) is 4.90 Å². The molecule has 0 amide bonds. The zero-order valence-electron chi connectivity index (χ0n) is 10.4. The van der Waals surface area contributed by atoms with Gasteiger partial charge < -0.3 is 15.4 Å². The Balaban J connectivity index is 1.61. The highest BCUT2D eigenvalue weighted by atomic mass is 16.4. The second-order valence-electron chi connectivity index (χ2n) is 5.20. The second-order valence-corrected chi connectivity index (χ2v) is 5.20. The summed E-state index contributed by atoms with van der Waals surface area (Å²) in [4.78, 5) is 16.6. The fourth-order valence-electron chi connectivity index (χ4n) is 3.30. The van der Waals surface area contributed by atoms with Crippen LogP contribution < -0.4 is 5.32 Å². The second kappa shape index (κ2) is 4.74. The number of hydrogen-bond donors (Lipinski definition) is 3. The van der Waals surface area contributed by atoms with Crippen molar-refractivity contribution in [2.45, 2.75) is 37.9 Å². The molecular formula is C13H19N3O2. The van der Waals surface area contributed by atoms with E-state index >= 15 is 0 Å². The molecule has 2 saturated heterocycles. The Labute approximate surface area is 106 Å². The van der Waals surface area contributed by atoms with Crippen molar-refractivity contribution in [3.8, 4) is 0 Å². The van der Waals surface area contributed by atoms with Gasteiger partial charge in [0.1, 0.15) is 0 Å². The molecule has 0 radical (unpaired) electrons. The fraction of sp³-hybridized carbons (Fsp3) is 0.615. The molecular weight excluding hydrogens is 230 g/mol. The van der Waals surface area contributed by atoms with Gasteiger partial charge in [-0.15, -0.1) is 0 Å². The molecule has 2 fully saturated rings. The van der Waals surface area contributed by atoms with Gasteiger partial charge in [0.15, 0.2) is 0 Å². The van der Waals surface area contributed by atoms with Crippen molar-refractivity contribution in [3.05, 3.63) is 23.5 Å². The van der Waals surface area contributed by atoms with Crippen LogP contribution in [0.15, 0.2) is 12.3 Å². The van der Waals surface area contributed by atoms with Crippen LogP contribution in [0.1, 0.15) is 35.3 Å². The minimum absolute atomic E-state index is 0.378. The summed E-state index contributed by atoms with van der Waals surface area (Å²) in [6, 6.07) is 2.79. The van der Waals surface area contributed by atoms with E-state index in [1.54, 1.807) is 12.3 Å². The van der Waals surface area contributed by atoms with E-state index in [4.69, 9.17) is 5.11 Å². The fourth-order valence-corrected chi connectivity index (χ4v) is 3.30. The van der Waals surface area contributed by atoms with E-state index in [1.165, 1.54) is 32.4 Å². The normalized spacial score (nSPS) is 27.6. The zero-order valence-corrected chi connectivity index (χ0v) is 10.4. The van der Waals surface area contributed by atoms with Crippen LogP contribution in [0.2, 0.25) is 0 Å². The first-order valence-electron chi connectivity index (χ1n) is 6.62. The number of nitrogens with zero attached hydrogens (tertiary/aromatic N) is 1. The number of hydrogen-bond acceptors (Lipinski definition) is 3. The van der Waals surface area contributed by atoms with Gasteiger partial charge in [0.2, 0.25) is 0 Å². The summed E-state index contributed by atoms with van der Waals surface area (Å²) < 4.78 is 0. The van der Waals surface area contributed by atoms with Crippen molar-refractivity contribution in [1.82, 2.24) is 15.2 Å². The van der Waals surface area contributed by atoms with E-state index in [1.807, 2.05) is 0 Å². The Kier molecular flexibility index (Phi) is 3.09. The first-order chi connectivity index (χ1) is 8.75. The van der Waals surface area contributed by atoms with Gasteiger partial charge in [-0.2, -0.15) is 0 Å². The largest absolute Gasteiger partial charge is 0.478 e. The third-order valence-electron chi connectivity index (χ3n) is 4.21. The summed E-state index contributed by atoms with van der Waals surface area (Å²) in [6.45, 7) is 3.02. The number of carboxylic acid groups (broad SMARTS) is 1. The van der Waals surface area contributed by atoms with Crippen LogP contribution in [0.5, 0.6) is 0 Å². The van der Waals surface area contributed by atoms with Crippen molar-refractivity contribution in [2.75, 3.05) is 13.1 Å². The van der Waals surface area contributed by atoms with Crippen LogP contribution in [0.25, 0.3) is 0 Å². The predicted molar refractivity (Wildman–Crippen MR) is 67.6 cm³/mol. The average Bonchev–Trinajstić information content (AvgIpc) is 3.03. The molecule has 0 spiro atoms. The molecule has 5 heteroatoms. The van der Waals surface area contributed by atoms with Gasteiger partial charge in [-0.05, 0) is 31.9 Å². The molecule has 0 aromatic carbocycles. The monoisotopic (exact) mass is 249 g/mol. The van der Waals surface area contributed by atoms with Crippen LogP contribution in [0.4, 0.5) is 0 Å². The van der Waals surface area contributed by atoms with Crippen LogP contribution in [-0.4, -0.2) is 46.1 Å². The standard InChI is InChI=1S/C13H19N3O2/c17-13(18)9-3-5-14-11(9)8-15-10-4-7-16-6-1-2-12(10)16/h3,5,10,12,14-15H,1-2,4,6-8H2,(H,17,18). The Bertz CT molecular complexity index is 443. The van der Waals surface area contributed by atoms with Gasteiger partial charge in [0.05, 0.1) is 5.56 Å². The Morgan fingerprint density at radius 1 is 1.50 bits per heavy atom. The van der Waals surface area contributed by atoms with E-state index in [0.29, 0.717) is 24.2 Å². The summed E-state index contributed by atoms with van der Waals surface area (Å²) in [6.07, 6.45) is 5.44. The van der Waals surface area contributed by atoms with Crippen LogP contribution in [0.3, 0.4) is 0 Å². The number of carboxylic acids is 1. The number of aromatic carboxylic acids is 1. The first kappa shape index (κ1) is 11.7. The van der Waals surface area contributed by atoms with E-state index in [9.17, 15) is 4.79 Å². The lowest BCUT2D eigenvalue weighted by Crippen LogP contribution is -2.38. The molecule has 2 aliphatic rings. The molecule has 0 bridgehead atoms. The third kappa shape index (κ3) is 2.04. The van der Waals surface area contributed by atoms with Crippen molar-refractivity contribution in [1.29, 1.82) is 0 Å². The van der Waals surface area contributed by atoms with Gasteiger partial charge in [-0.25, -0.2) is 4.79 Å².